The molecule has 0 spiro atoms. The number of nitrogens with two attached hydrogens (primary N) is 2. The lowest BCUT2D eigenvalue weighted by atomic mass is 10.1. The molecule has 0 bridgehead atoms. The highest BCUT2D eigenvalue weighted by Gasteiger charge is 2.17. The summed E-state index contributed by atoms with van der Waals surface area (Å²) in [5.74, 6) is -2.50. The number of fused-ring (bicyclic) bond motifs is 1. The Morgan fingerprint density at radius 2 is 1.95 bits per heavy atom. The van der Waals surface area contributed by atoms with Crippen molar-refractivity contribution in [3.05, 3.63) is 35.4 Å². The van der Waals surface area contributed by atoms with Crippen LogP contribution in [0.1, 0.15) is 30.0 Å². The zero-order valence-corrected chi connectivity index (χ0v) is 10.5. The Labute approximate surface area is 111 Å². The third-order valence-corrected chi connectivity index (χ3v) is 2.89. The summed E-state index contributed by atoms with van der Waals surface area (Å²) in [5.41, 5.74) is 13.5. The first-order valence-electron chi connectivity index (χ1n) is 5.95. The molecule has 6 heteroatoms. The van der Waals surface area contributed by atoms with Gasteiger partial charge in [0.1, 0.15) is 6.04 Å². The van der Waals surface area contributed by atoms with Crippen molar-refractivity contribution in [3.8, 4) is 0 Å². The third-order valence-electron chi connectivity index (χ3n) is 2.89. The molecular formula is C13H18N2O4. The minimum Gasteiger partial charge on any atom is -0.481 e. The molecule has 0 amide bonds. The van der Waals surface area contributed by atoms with Gasteiger partial charge >= 0.3 is 11.9 Å². The van der Waals surface area contributed by atoms with Gasteiger partial charge in [0.05, 0.1) is 6.42 Å². The van der Waals surface area contributed by atoms with Crippen LogP contribution in [-0.4, -0.2) is 28.2 Å². The standard InChI is InChI=1S/C9H11N.C4H7NO4/c10-9-6-5-7-3-1-2-4-8(7)9;5-2(4(8)9)1-3(6)7/h1-4,9H,5-6,10H2;2H,1,5H2,(H,6,7)(H,8,9)/t9-;2-/m10/s1. The first-order valence-corrected chi connectivity index (χ1v) is 5.95. The number of carboxylic acid groups (broad SMARTS) is 2. The van der Waals surface area contributed by atoms with Crippen molar-refractivity contribution in [1.82, 2.24) is 0 Å². The van der Waals surface area contributed by atoms with Crippen molar-refractivity contribution < 1.29 is 19.8 Å². The van der Waals surface area contributed by atoms with Crippen LogP contribution >= 0.6 is 0 Å². The van der Waals surface area contributed by atoms with E-state index >= 15 is 0 Å². The lowest BCUT2D eigenvalue weighted by molar-refractivity contribution is -0.144. The van der Waals surface area contributed by atoms with Gasteiger partial charge in [0.2, 0.25) is 0 Å². The van der Waals surface area contributed by atoms with Crippen molar-refractivity contribution in [3.63, 3.8) is 0 Å². The molecule has 104 valence electrons. The summed E-state index contributed by atoms with van der Waals surface area (Å²) < 4.78 is 0. The summed E-state index contributed by atoms with van der Waals surface area (Å²) in [6, 6.07) is 7.45. The minimum absolute atomic E-state index is 0.302. The third kappa shape index (κ3) is 4.69. The molecule has 6 nitrogen and oxygen atoms in total. The van der Waals surface area contributed by atoms with Crippen LogP contribution in [0.4, 0.5) is 0 Å². The summed E-state index contributed by atoms with van der Waals surface area (Å²) in [6.45, 7) is 0. The van der Waals surface area contributed by atoms with Gasteiger partial charge in [-0.3, -0.25) is 9.59 Å². The number of rotatable bonds is 3. The average Bonchev–Trinajstić information content (AvgIpc) is 2.72. The Kier molecular flexibility index (Phi) is 5.47. The fraction of sp³-hybridized carbons (Fsp3) is 0.385. The molecule has 0 unspecified atom stereocenters. The molecule has 1 aliphatic carbocycles. The average molecular weight is 266 g/mol. The first-order chi connectivity index (χ1) is 8.91. The second kappa shape index (κ2) is 6.86. The predicted octanol–water partition coefficient (Wildman–Crippen LogP) is 0.506. The Balaban J connectivity index is 0.000000192. The molecule has 0 saturated heterocycles. The highest BCUT2D eigenvalue weighted by molar-refractivity contribution is 5.80. The summed E-state index contributed by atoms with van der Waals surface area (Å²) in [7, 11) is 0. The topological polar surface area (TPSA) is 127 Å². The van der Waals surface area contributed by atoms with E-state index in [4.69, 9.17) is 21.7 Å². The van der Waals surface area contributed by atoms with Crippen LogP contribution in [0.2, 0.25) is 0 Å². The van der Waals surface area contributed by atoms with Crippen LogP contribution in [0.25, 0.3) is 0 Å². The van der Waals surface area contributed by atoms with E-state index < -0.39 is 24.4 Å². The molecule has 2 atom stereocenters. The van der Waals surface area contributed by atoms with Gasteiger partial charge < -0.3 is 21.7 Å². The number of carbonyl (C=O) groups is 2. The lowest BCUT2D eigenvalue weighted by Gasteiger charge is -2.01. The molecule has 0 aromatic heterocycles. The van der Waals surface area contributed by atoms with Gasteiger partial charge in [-0.2, -0.15) is 0 Å². The second-order valence-corrected chi connectivity index (χ2v) is 4.39. The second-order valence-electron chi connectivity index (χ2n) is 4.39. The molecule has 0 aliphatic heterocycles. The lowest BCUT2D eigenvalue weighted by Crippen LogP contribution is -2.32. The Morgan fingerprint density at radius 1 is 1.32 bits per heavy atom. The maximum atomic E-state index is 9.85. The number of aliphatic carboxylic acids is 2. The van der Waals surface area contributed by atoms with E-state index in [1.807, 2.05) is 0 Å². The monoisotopic (exact) mass is 266 g/mol. The van der Waals surface area contributed by atoms with Crippen LogP contribution in [0.15, 0.2) is 24.3 Å². The smallest absolute Gasteiger partial charge is 0.321 e. The predicted molar refractivity (Wildman–Crippen MR) is 69.6 cm³/mol. The minimum atomic E-state index is -1.29. The van der Waals surface area contributed by atoms with Crippen LogP contribution in [0.5, 0.6) is 0 Å². The summed E-state index contributed by atoms with van der Waals surface area (Å²) in [4.78, 5) is 19.6. The first kappa shape index (κ1) is 15.1. The van der Waals surface area contributed by atoms with Gasteiger partial charge in [-0.25, -0.2) is 0 Å². The van der Waals surface area contributed by atoms with Gasteiger partial charge in [0.25, 0.3) is 0 Å². The van der Waals surface area contributed by atoms with Gasteiger partial charge in [-0.05, 0) is 24.0 Å². The van der Waals surface area contributed by atoms with Gasteiger partial charge in [-0.1, -0.05) is 24.3 Å². The van der Waals surface area contributed by atoms with Gasteiger partial charge in [0, 0.05) is 6.04 Å². The van der Waals surface area contributed by atoms with Crippen molar-refractivity contribution in [1.29, 1.82) is 0 Å². The molecule has 19 heavy (non-hydrogen) atoms. The number of benzene rings is 1. The number of aryl methyl sites for hydroxylation is 1. The van der Waals surface area contributed by atoms with E-state index in [1.165, 1.54) is 11.1 Å². The van der Waals surface area contributed by atoms with E-state index in [1.54, 1.807) is 0 Å². The molecule has 0 fully saturated rings. The fourth-order valence-corrected chi connectivity index (χ4v) is 1.87. The highest BCUT2D eigenvalue weighted by atomic mass is 16.4. The zero-order chi connectivity index (χ0) is 14.4. The number of hydrogen-bond donors (Lipinski definition) is 4. The highest BCUT2D eigenvalue weighted by Crippen LogP contribution is 2.28. The van der Waals surface area contributed by atoms with Crippen molar-refractivity contribution in [2.45, 2.75) is 31.3 Å². The van der Waals surface area contributed by atoms with Gasteiger partial charge in [0.15, 0.2) is 0 Å². The molecular weight excluding hydrogens is 248 g/mol. The molecule has 0 heterocycles. The Hall–Kier alpha value is -1.92. The van der Waals surface area contributed by atoms with Crippen molar-refractivity contribution >= 4 is 11.9 Å². The Morgan fingerprint density at radius 3 is 2.42 bits per heavy atom. The molecule has 1 aliphatic rings. The normalized spacial score (nSPS) is 17.9. The van der Waals surface area contributed by atoms with E-state index in [0.717, 1.165) is 12.8 Å². The van der Waals surface area contributed by atoms with E-state index in [0.29, 0.717) is 6.04 Å². The number of hydrogen-bond acceptors (Lipinski definition) is 4. The summed E-state index contributed by atoms with van der Waals surface area (Å²) in [5, 5.41) is 16.0. The van der Waals surface area contributed by atoms with Crippen LogP contribution < -0.4 is 11.5 Å². The molecule has 0 saturated carbocycles. The Bertz CT molecular complexity index is 462. The van der Waals surface area contributed by atoms with Crippen molar-refractivity contribution in [2.75, 3.05) is 0 Å². The maximum absolute atomic E-state index is 9.85. The molecule has 2 rings (SSSR count). The quantitative estimate of drug-likeness (QED) is 0.631. The fourth-order valence-electron chi connectivity index (χ4n) is 1.87. The molecule has 1 aromatic carbocycles. The van der Waals surface area contributed by atoms with Crippen molar-refractivity contribution in [2.24, 2.45) is 11.5 Å². The number of carboxylic acids is 2. The molecule has 6 N–H and O–H groups in total. The van der Waals surface area contributed by atoms with Crippen LogP contribution in [0.3, 0.4) is 0 Å². The maximum Gasteiger partial charge on any atom is 0.321 e. The van der Waals surface area contributed by atoms with Crippen LogP contribution in [-0.2, 0) is 16.0 Å². The summed E-state index contributed by atoms with van der Waals surface area (Å²) in [6.07, 6.45) is 1.76. The summed E-state index contributed by atoms with van der Waals surface area (Å²) >= 11 is 0. The zero-order valence-electron chi connectivity index (χ0n) is 10.5. The van der Waals surface area contributed by atoms with Crippen LogP contribution in [0, 0.1) is 0 Å². The molecule has 1 aromatic rings. The molecule has 0 radical (unpaired) electrons. The SMILES string of the molecule is N[C@@H](CC(=O)O)C(=O)O.N[C@@H]1CCc2ccccc21. The van der Waals surface area contributed by atoms with E-state index in [2.05, 4.69) is 24.3 Å². The van der Waals surface area contributed by atoms with E-state index in [9.17, 15) is 9.59 Å². The largest absolute Gasteiger partial charge is 0.481 e. The van der Waals surface area contributed by atoms with E-state index in [-0.39, 0.29) is 0 Å². The van der Waals surface area contributed by atoms with Gasteiger partial charge in [-0.15, -0.1) is 0 Å².